The molecule has 3 heteroatoms. The minimum Gasteiger partial charge on any atom is -0.319 e. The average Bonchev–Trinajstić information content (AvgIpc) is 2.41. The lowest BCUT2D eigenvalue weighted by Gasteiger charge is -2.20. The van der Waals surface area contributed by atoms with Gasteiger partial charge in [0.1, 0.15) is 5.82 Å². The van der Waals surface area contributed by atoms with Crippen molar-refractivity contribution in [1.29, 1.82) is 0 Å². The molecule has 0 fully saturated rings. The zero-order chi connectivity index (χ0) is 14.5. The van der Waals surface area contributed by atoms with Crippen molar-refractivity contribution in [3.8, 4) is 0 Å². The third kappa shape index (κ3) is 3.42. The summed E-state index contributed by atoms with van der Waals surface area (Å²) in [6.45, 7) is 4.89. The number of aromatic nitrogens is 1. The second kappa shape index (κ2) is 6.62. The number of benzene rings is 1. The molecule has 0 saturated carbocycles. The molecule has 0 aliphatic heterocycles. The number of likely N-dealkylation sites (N-methyl/N-ethyl adjacent to an activating group) is 1. The first-order valence-corrected chi connectivity index (χ1v) is 6.93. The minimum atomic E-state index is -0.177. The van der Waals surface area contributed by atoms with Gasteiger partial charge in [-0.25, -0.2) is 4.39 Å². The zero-order valence-corrected chi connectivity index (χ0v) is 12.3. The summed E-state index contributed by atoms with van der Waals surface area (Å²) in [6.07, 6.45) is 2.69. The molecule has 0 saturated heterocycles. The van der Waals surface area contributed by atoms with Crippen LogP contribution in [0.3, 0.4) is 0 Å². The fourth-order valence-corrected chi connectivity index (χ4v) is 2.60. The molecular formula is C17H21FN2. The van der Waals surface area contributed by atoms with Crippen molar-refractivity contribution in [2.75, 3.05) is 13.6 Å². The largest absolute Gasteiger partial charge is 0.319 e. The zero-order valence-electron chi connectivity index (χ0n) is 12.3. The Morgan fingerprint density at radius 2 is 2.00 bits per heavy atom. The van der Waals surface area contributed by atoms with E-state index in [2.05, 4.69) is 23.3 Å². The van der Waals surface area contributed by atoms with Gasteiger partial charge in [-0.3, -0.25) is 4.98 Å². The monoisotopic (exact) mass is 272 g/mol. The lowest BCUT2D eigenvalue weighted by molar-refractivity contribution is 0.602. The van der Waals surface area contributed by atoms with Crippen molar-refractivity contribution < 1.29 is 4.39 Å². The molecule has 1 aromatic heterocycles. The number of nitrogens with zero attached hydrogens (tertiary/aromatic N) is 1. The first kappa shape index (κ1) is 14.7. The molecule has 2 aromatic rings. The van der Waals surface area contributed by atoms with Crippen LogP contribution in [0.1, 0.15) is 28.3 Å². The third-order valence-corrected chi connectivity index (χ3v) is 3.68. The van der Waals surface area contributed by atoms with Gasteiger partial charge in [0.05, 0.1) is 0 Å². The molecule has 0 spiro atoms. The van der Waals surface area contributed by atoms with Gasteiger partial charge >= 0.3 is 0 Å². The second-order valence-corrected chi connectivity index (χ2v) is 5.23. The van der Waals surface area contributed by atoms with E-state index in [9.17, 15) is 4.39 Å². The normalized spacial score (nSPS) is 12.4. The van der Waals surface area contributed by atoms with Gasteiger partial charge < -0.3 is 5.32 Å². The molecule has 0 aliphatic rings. The Morgan fingerprint density at radius 3 is 2.65 bits per heavy atom. The molecular weight excluding hydrogens is 251 g/mol. The van der Waals surface area contributed by atoms with Gasteiger partial charge in [0.15, 0.2) is 0 Å². The first-order chi connectivity index (χ1) is 9.61. The highest BCUT2D eigenvalue weighted by atomic mass is 19.1. The Labute approximate surface area is 120 Å². The van der Waals surface area contributed by atoms with Crippen molar-refractivity contribution in [2.45, 2.75) is 26.2 Å². The van der Waals surface area contributed by atoms with Gasteiger partial charge in [0, 0.05) is 24.4 Å². The van der Waals surface area contributed by atoms with Crippen LogP contribution < -0.4 is 5.32 Å². The number of rotatable bonds is 5. The molecule has 1 heterocycles. The summed E-state index contributed by atoms with van der Waals surface area (Å²) < 4.78 is 13.3. The van der Waals surface area contributed by atoms with Gasteiger partial charge in [0.2, 0.25) is 0 Å². The molecule has 2 nitrogen and oxygen atoms in total. The molecule has 1 N–H and O–H groups in total. The van der Waals surface area contributed by atoms with E-state index in [1.807, 2.05) is 32.3 Å². The molecule has 0 unspecified atom stereocenters. The summed E-state index contributed by atoms with van der Waals surface area (Å²) in [6, 6.07) is 9.07. The van der Waals surface area contributed by atoms with Crippen molar-refractivity contribution in [2.24, 2.45) is 0 Å². The van der Waals surface area contributed by atoms with Crippen LogP contribution in [0.5, 0.6) is 0 Å². The van der Waals surface area contributed by atoms with Crippen LogP contribution in [0.15, 0.2) is 36.5 Å². The fraction of sp³-hybridized carbons (Fsp3) is 0.353. The van der Waals surface area contributed by atoms with Crippen LogP contribution >= 0.6 is 0 Å². The maximum absolute atomic E-state index is 13.3. The van der Waals surface area contributed by atoms with E-state index in [0.29, 0.717) is 5.92 Å². The van der Waals surface area contributed by atoms with Crippen LogP contribution in [0.4, 0.5) is 4.39 Å². The highest BCUT2D eigenvalue weighted by molar-refractivity contribution is 5.32. The lowest BCUT2D eigenvalue weighted by atomic mass is 9.89. The number of nitrogens with one attached hydrogen (secondary N) is 1. The fourth-order valence-electron chi connectivity index (χ4n) is 2.60. The quantitative estimate of drug-likeness (QED) is 0.902. The molecule has 1 atom stereocenters. The van der Waals surface area contributed by atoms with Crippen molar-refractivity contribution >= 4 is 0 Å². The SMILES string of the molecule is CNC[C@H](Cc1ncccc1C)c1ccc(F)cc1C. The minimum absolute atomic E-state index is 0.177. The maximum atomic E-state index is 13.3. The van der Waals surface area contributed by atoms with Gasteiger partial charge in [0.25, 0.3) is 0 Å². The highest BCUT2D eigenvalue weighted by Crippen LogP contribution is 2.24. The Balaban J connectivity index is 2.29. The predicted octanol–water partition coefficient (Wildman–Crippen LogP) is 3.38. The molecule has 0 radical (unpaired) electrons. The van der Waals surface area contributed by atoms with Gasteiger partial charge in [-0.05, 0) is 62.2 Å². The summed E-state index contributed by atoms with van der Waals surface area (Å²) in [5.74, 6) is 0.123. The number of hydrogen-bond donors (Lipinski definition) is 1. The van der Waals surface area contributed by atoms with Gasteiger partial charge in [-0.2, -0.15) is 0 Å². The Bertz CT molecular complexity index is 581. The van der Waals surface area contributed by atoms with Gasteiger partial charge in [-0.15, -0.1) is 0 Å². The van der Waals surface area contributed by atoms with E-state index < -0.39 is 0 Å². The smallest absolute Gasteiger partial charge is 0.123 e. The predicted molar refractivity (Wildman–Crippen MR) is 80.5 cm³/mol. The molecule has 20 heavy (non-hydrogen) atoms. The first-order valence-electron chi connectivity index (χ1n) is 6.93. The van der Waals surface area contributed by atoms with Crippen LogP contribution in [0.2, 0.25) is 0 Å². The van der Waals surface area contributed by atoms with Crippen molar-refractivity contribution in [1.82, 2.24) is 10.3 Å². The number of pyridine rings is 1. The van der Waals surface area contributed by atoms with E-state index >= 15 is 0 Å². The van der Waals surface area contributed by atoms with E-state index in [-0.39, 0.29) is 5.82 Å². The van der Waals surface area contributed by atoms with Crippen LogP contribution in [0, 0.1) is 19.7 Å². The summed E-state index contributed by atoms with van der Waals surface area (Å²) in [4.78, 5) is 4.47. The number of aryl methyl sites for hydroxylation is 2. The standard InChI is InChI=1S/C17H21FN2/c1-12-5-4-8-20-17(12)10-14(11-19-3)16-7-6-15(18)9-13(16)2/h4-9,14,19H,10-11H2,1-3H3/t14-/m0/s1. The maximum Gasteiger partial charge on any atom is 0.123 e. The summed E-state index contributed by atoms with van der Waals surface area (Å²) >= 11 is 0. The van der Waals surface area contributed by atoms with E-state index in [1.165, 1.54) is 17.2 Å². The average molecular weight is 272 g/mol. The highest BCUT2D eigenvalue weighted by Gasteiger charge is 2.16. The number of hydrogen-bond acceptors (Lipinski definition) is 2. The van der Waals surface area contributed by atoms with E-state index in [4.69, 9.17) is 0 Å². The molecule has 2 rings (SSSR count). The summed E-state index contributed by atoms with van der Waals surface area (Å²) in [5, 5.41) is 3.23. The van der Waals surface area contributed by atoms with Crippen molar-refractivity contribution in [3.63, 3.8) is 0 Å². The molecule has 0 bridgehead atoms. The number of halogens is 1. The summed E-state index contributed by atoms with van der Waals surface area (Å²) in [7, 11) is 1.94. The van der Waals surface area contributed by atoms with Crippen LogP contribution in [-0.2, 0) is 6.42 Å². The molecule has 106 valence electrons. The Kier molecular flexibility index (Phi) is 4.85. The topological polar surface area (TPSA) is 24.9 Å². The molecule has 0 amide bonds. The molecule has 0 aliphatic carbocycles. The van der Waals surface area contributed by atoms with E-state index in [0.717, 1.165) is 24.2 Å². The van der Waals surface area contributed by atoms with E-state index in [1.54, 1.807) is 6.07 Å². The second-order valence-electron chi connectivity index (χ2n) is 5.23. The van der Waals surface area contributed by atoms with Crippen molar-refractivity contribution in [3.05, 3.63) is 64.7 Å². The lowest BCUT2D eigenvalue weighted by Crippen LogP contribution is -2.20. The third-order valence-electron chi connectivity index (χ3n) is 3.68. The van der Waals surface area contributed by atoms with Crippen LogP contribution in [-0.4, -0.2) is 18.6 Å². The van der Waals surface area contributed by atoms with Gasteiger partial charge in [-0.1, -0.05) is 12.1 Å². The Hall–Kier alpha value is -1.74. The van der Waals surface area contributed by atoms with Crippen LogP contribution in [0.25, 0.3) is 0 Å². The Morgan fingerprint density at radius 1 is 1.20 bits per heavy atom. The molecule has 1 aromatic carbocycles. The summed E-state index contributed by atoms with van der Waals surface area (Å²) in [5.41, 5.74) is 4.49.